The first kappa shape index (κ1) is 26.2. The summed E-state index contributed by atoms with van der Waals surface area (Å²) < 4.78 is 31.9. The zero-order valence-corrected chi connectivity index (χ0v) is 21.2. The van der Waals surface area contributed by atoms with E-state index in [2.05, 4.69) is 9.88 Å². The molecule has 5 rings (SSSR count). The van der Waals surface area contributed by atoms with Crippen molar-refractivity contribution in [3.8, 4) is 0 Å². The highest BCUT2D eigenvalue weighted by Gasteiger charge is 2.40. The molecule has 0 saturated carbocycles. The zero-order chi connectivity index (χ0) is 26.8. The number of ether oxygens (including phenoxy) is 3. The third kappa shape index (κ3) is 5.28. The van der Waals surface area contributed by atoms with Crippen molar-refractivity contribution in [1.82, 2.24) is 19.0 Å². The summed E-state index contributed by atoms with van der Waals surface area (Å²) in [6, 6.07) is 7.33. The van der Waals surface area contributed by atoms with Crippen LogP contribution in [0.5, 0.6) is 0 Å². The number of carbonyl (C=O) groups is 2. The van der Waals surface area contributed by atoms with Crippen LogP contribution in [0.4, 0.5) is 4.39 Å². The van der Waals surface area contributed by atoms with Crippen molar-refractivity contribution in [2.75, 3.05) is 6.54 Å². The summed E-state index contributed by atoms with van der Waals surface area (Å²) in [5.41, 5.74) is -0.816. The van der Waals surface area contributed by atoms with Gasteiger partial charge in [-0.2, -0.15) is 4.98 Å². The quantitative estimate of drug-likeness (QED) is 0.352. The SMILES string of the molecule is CCn1c(C2OC(=O)C(=O)O2)nc(=O)n(CCCN2C3CCCC2CC(OCc2ccccc2F)C3)c1=O. The average molecular weight is 531 g/mol. The van der Waals surface area contributed by atoms with Crippen molar-refractivity contribution < 1.29 is 28.2 Å². The van der Waals surface area contributed by atoms with Crippen LogP contribution in [0.15, 0.2) is 33.9 Å². The van der Waals surface area contributed by atoms with E-state index in [1.165, 1.54) is 10.6 Å². The lowest BCUT2D eigenvalue weighted by Gasteiger charge is -2.48. The molecule has 0 spiro atoms. The van der Waals surface area contributed by atoms with Gasteiger partial charge in [-0.05, 0) is 45.1 Å². The third-order valence-corrected chi connectivity index (χ3v) is 7.61. The molecule has 1 aromatic carbocycles. The summed E-state index contributed by atoms with van der Waals surface area (Å²) in [5.74, 6) is -2.84. The molecule has 204 valence electrons. The lowest BCUT2D eigenvalue weighted by Crippen LogP contribution is -2.54. The van der Waals surface area contributed by atoms with Crippen LogP contribution in [0.2, 0.25) is 0 Å². The van der Waals surface area contributed by atoms with E-state index in [1.807, 2.05) is 0 Å². The van der Waals surface area contributed by atoms with E-state index in [0.29, 0.717) is 30.6 Å². The second-order valence-electron chi connectivity index (χ2n) is 9.90. The Bertz CT molecular complexity index is 1300. The summed E-state index contributed by atoms with van der Waals surface area (Å²) in [6.45, 7) is 2.98. The molecule has 0 radical (unpaired) electrons. The molecule has 3 aliphatic heterocycles. The van der Waals surface area contributed by atoms with Gasteiger partial charge in [-0.25, -0.2) is 28.1 Å². The molecule has 2 bridgehead atoms. The fraction of sp³-hybridized carbons (Fsp3) is 0.577. The Morgan fingerprint density at radius 3 is 2.34 bits per heavy atom. The molecule has 11 nitrogen and oxygen atoms in total. The van der Waals surface area contributed by atoms with Gasteiger partial charge in [-0.15, -0.1) is 0 Å². The van der Waals surface area contributed by atoms with Crippen LogP contribution in [-0.4, -0.2) is 55.7 Å². The number of halogens is 1. The normalized spacial score (nSPS) is 23.9. The number of esters is 2. The molecular formula is C26H31FN4O7. The Labute approximate surface area is 218 Å². The molecule has 4 heterocycles. The molecule has 2 atom stereocenters. The summed E-state index contributed by atoms with van der Waals surface area (Å²) >= 11 is 0. The maximum Gasteiger partial charge on any atom is 0.421 e. The van der Waals surface area contributed by atoms with Gasteiger partial charge in [0.25, 0.3) is 0 Å². The summed E-state index contributed by atoms with van der Waals surface area (Å²) in [6.07, 6.45) is 4.10. The molecular weight excluding hydrogens is 499 g/mol. The Hall–Kier alpha value is -3.38. The number of rotatable bonds is 9. The molecule has 2 unspecified atom stereocenters. The smallest absolute Gasteiger partial charge is 0.409 e. The molecule has 1 aromatic heterocycles. The van der Waals surface area contributed by atoms with Gasteiger partial charge < -0.3 is 14.2 Å². The Morgan fingerprint density at radius 1 is 1.00 bits per heavy atom. The van der Waals surface area contributed by atoms with Crippen LogP contribution < -0.4 is 11.4 Å². The van der Waals surface area contributed by atoms with Gasteiger partial charge in [0.2, 0.25) is 5.82 Å². The Kier molecular flexibility index (Phi) is 7.70. The van der Waals surface area contributed by atoms with Crippen LogP contribution in [0, 0.1) is 5.82 Å². The standard InChI is InChI=1S/C26H31FN4O7/c1-2-29-21(24-37-22(32)23(33)38-24)28-25(34)31(26(29)35)12-6-11-30-17-8-5-9-18(30)14-19(13-17)36-15-16-7-3-4-10-20(16)27/h3-4,7,10,17-19,24H,2,5-6,8-9,11-15H2,1H3. The molecule has 0 amide bonds. The summed E-state index contributed by atoms with van der Waals surface area (Å²) in [4.78, 5) is 54.8. The van der Waals surface area contributed by atoms with Gasteiger partial charge in [0.15, 0.2) is 0 Å². The molecule has 2 aromatic rings. The molecule has 3 fully saturated rings. The maximum atomic E-state index is 14.0. The first-order valence-corrected chi connectivity index (χ1v) is 13.1. The number of piperidine rings is 2. The van der Waals surface area contributed by atoms with Gasteiger partial charge in [-0.3, -0.25) is 9.47 Å². The number of carbonyl (C=O) groups excluding carboxylic acids is 2. The molecule has 12 heteroatoms. The van der Waals surface area contributed by atoms with E-state index in [-0.39, 0.29) is 37.4 Å². The maximum absolute atomic E-state index is 14.0. The fourth-order valence-electron chi connectivity index (χ4n) is 5.80. The van der Waals surface area contributed by atoms with Gasteiger partial charge in [0.05, 0.1) is 12.7 Å². The lowest BCUT2D eigenvalue weighted by atomic mass is 9.82. The van der Waals surface area contributed by atoms with E-state index in [0.717, 1.165) is 36.7 Å². The largest absolute Gasteiger partial charge is 0.421 e. The van der Waals surface area contributed by atoms with Gasteiger partial charge in [0.1, 0.15) is 5.82 Å². The number of hydrogen-bond donors (Lipinski definition) is 0. The van der Waals surface area contributed by atoms with Crippen LogP contribution >= 0.6 is 0 Å². The number of fused-ring (bicyclic) bond motifs is 2. The van der Waals surface area contributed by atoms with Gasteiger partial charge >= 0.3 is 29.6 Å². The number of nitrogens with zero attached hydrogens (tertiary/aromatic N) is 4. The first-order valence-electron chi connectivity index (χ1n) is 13.1. The van der Waals surface area contributed by atoms with Crippen LogP contribution in [0.1, 0.15) is 63.1 Å². The topological polar surface area (TPSA) is 122 Å². The minimum atomic E-state index is -1.51. The second kappa shape index (κ2) is 11.2. The predicted octanol–water partition coefficient (Wildman–Crippen LogP) is 1.65. The van der Waals surface area contributed by atoms with Gasteiger partial charge in [0, 0.05) is 37.3 Å². The molecule has 0 N–H and O–H groups in total. The summed E-state index contributed by atoms with van der Waals surface area (Å²) in [5, 5.41) is 0. The van der Waals surface area contributed by atoms with Crippen LogP contribution in [0.3, 0.4) is 0 Å². The van der Waals surface area contributed by atoms with Crippen molar-refractivity contribution in [3.63, 3.8) is 0 Å². The monoisotopic (exact) mass is 530 g/mol. The minimum Gasteiger partial charge on any atom is -0.409 e. The molecule has 3 aliphatic rings. The number of aromatic nitrogens is 3. The average Bonchev–Trinajstić information content (AvgIpc) is 3.23. The predicted molar refractivity (Wildman–Crippen MR) is 130 cm³/mol. The molecule has 3 saturated heterocycles. The molecule has 38 heavy (non-hydrogen) atoms. The fourth-order valence-corrected chi connectivity index (χ4v) is 5.80. The second-order valence-corrected chi connectivity index (χ2v) is 9.90. The van der Waals surface area contributed by atoms with Gasteiger partial charge in [-0.1, -0.05) is 24.6 Å². The Balaban J connectivity index is 1.21. The molecule has 0 aliphatic carbocycles. The van der Waals surface area contributed by atoms with E-state index in [9.17, 15) is 23.6 Å². The zero-order valence-electron chi connectivity index (χ0n) is 21.2. The number of benzene rings is 1. The number of hydrogen-bond acceptors (Lipinski definition) is 9. The van der Waals surface area contributed by atoms with E-state index in [1.54, 1.807) is 25.1 Å². The van der Waals surface area contributed by atoms with E-state index >= 15 is 0 Å². The van der Waals surface area contributed by atoms with Crippen molar-refractivity contribution in [3.05, 3.63) is 62.4 Å². The first-order chi connectivity index (χ1) is 18.4. The van der Waals surface area contributed by atoms with E-state index in [4.69, 9.17) is 14.2 Å². The highest BCUT2D eigenvalue weighted by Crippen LogP contribution is 2.35. The highest BCUT2D eigenvalue weighted by atomic mass is 19.1. The van der Waals surface area contributed by atoms with Crippen molar-refractivity contribution in [1.29, 1.82) is 0 Å². The highest BCUT2D eigenvalue weighted by molar-refractivity contribution is 6.30. The van der Waals surface area contributed by atoms with E-state index < -0.39 is 29.6 Å². The third-order valence-electron chi connectivity index (χ3n) is 7.61. The van der Waals surface area contributed by atoms with Crippen LogP contribution in [0.25, 0.3) is 0 Å². The lowest BCUT2D eigenvalue weighted by molar-refractivity contribution is -0.150. The van der Waals surface area contributed by atoms with Crippen LogP contribution in [-0.2, 0) is 43.5 Å². The minimum absolute atomic E-state index is 0.0658. The summed E-state index contributed by atoms with van der Waals surface area (Å²) in [7, 11) is 0. The van der Waals surface area contributed by atoms with Crippen molar-refractivity contribution in [2.45, 2.75) is 89.6 Å². The van der Waals surface area contributed by atoms with Crippen molar-refractivity contribution >= 4 is 11.9 Å². The number of cyclic esters (lactones) is 2. The Morgan fingerprint density at radius 2 is 1.68 bits per heavy atom. The van der Waals surface area contributed by atoms with Crippen molar-refractivity contribution in [2.24, 2.45) is 0 Å².